The van der Waals surface area contributed by atoms with Crippen molar-refractivity contribution in [1.29, 1.82) is 0 Å². The molecule has 0 aliphatic carbocycles. The summed E-state index contributed by atoms with van der Waals surface area (Å²) in [6.07, 6.45) is 2.69. The lowest BCUT2D eigenvalue weighted by atomic mass is 10.4. The summed E-state index contributed by atoms with van der Waals surface area (Å²) in [6.45, 7) is 5.61. The molecule has 0 radical (unpaired) electrons. The Morgan fingerprint density at radius 1 is 1.38 bits per heavy atom. The maximum atomic E-state index is 2.27. The zero-order valence-electron chi connectivity index (χ0n) is 5.81. The lowest BCUT2D eigenvalue weighted by Gasteiger charge is -1.91. The first-order chi connectivity index (χ1) is 3.91. The average Bonchev–Trinajstić information content (AvgIpc) is 1.81. The molecule has 0 aromatic heterocycles. The SMILES string of the molecule is CCCCS[NH2+]CC. The average molecular weight is 134 g/mol. The van der Waals surface area contributed by atoms with Crippen LogP contribution in [0, 0.1) is 0 Å². The summed E-state index contributed by atoms with van der Waals surface area (Å²) in [5, 5.41) is 0. The van der Waals surface area contributed by atoms with Crippen molar-refractivity contribution in [2.24, 2.45) is 0 Å². The Morgan fingerprint density at radius 2 is 2.12 bits per heavy atom. The van der Waals surface area contributed by atoms with Crippen LogP contribution in [0.25, 0.3) is 0 Å². The van der Waals surface area contributed by atoms with Gasteiger partial charge in [0.2, 0.25) is 0 Å². The molecular formula is C6H16NS+. The van der Waals surface area contributed by atoms with E-state index < -0.39 is 0 Å². The molecule has 1 nitrogen and oxygen atoms in total. The van der Waals surface area contributed by atoms with Gasteiger partial charge in [0, 0.05) is 5.75 Å². The monoisotopic (exact) mass is 134 g/mol. The minimum absolute atomic E-state index is 1.20. The zero-order valence-corrected chi connectivity index (χ0v) is 6.63. The Morgan fingerprint density at radius 3 is 2.62 bits per heavy atom. The summed E-state index contributed by atoms with van der Waals surface area (Å²) in [6, 6.07) is 0. The van der Waals surface area contributed by atoms with E-state index in [2.05, 4.69) is 18.6 Å². The third-order valence-corrected chi connectivity index (χ3v) is 1.99. The fraction of sp³-hybridized carbons (Fsp3) is 1.00. The van der Waals surface area contributed by atoms with Crippen molar-refractivity contribution < 1.29 is 4.72 Å². The van der Waals surface area contributed by atoms with Crippen LogP contribution in [0.2, 0.25) is 0 Å². The highest BCUT2D eigenvalue weighted by Crippen LogP contribution is 1.92. The molecule has 0 heterocycles. The maximum Gasteiger partial charge on any atom is 0.0831 e. The number of quaternary nitrogens is 1. The fourth-order valence-electron chi connectivity index (χ4n) is 0.429. The molecule has 0 fully saturated rings. The Hall–Kier alpha value is 0.310. The van der Waals surface area contributed by atoms with E-state index in [1.165, 1.54) is 25.1 Å². The minimum Gasteiger partial charge on any atom is -0.285 e. The van der Waals surface area contributed by atoms with Gasteiger partial charge in [0.05, 0.1) is 18.5 Å². The number of unbranched alkanes of at least 4 members (excludes halogenated alkanes) is 1. The van der Waals surface area contributed by atoms with E-state index in [-0.39, 0.29) is 0 Å². The van der Waals surface area contributed by atoms with Crippen molar-refractivity contribution in [1.82, 2.24) is 0 Å². The van der Waals surface area contributed by atoms with Crippen LogP contribution >= 0.6 is 11.9 Å². The van der Waals surface area contributed by atoms with Gasteiger partial charge >= 0.3 is 0 Å². The molecule has 0 aromatic rings. The van der Waals surface area contributed by atoms with Crippen LogP contribution < -0.4 is 4.72 Å². The van der Waals surface area contributed by atoms with E-state index >= 15 is 0 Å². The third kappa shape index (κ3) is 6.31. The van der Waals surface area contributed by atoms with Crippen LogP contribution in [0.3, 0.4) is 0 Å². The van der Waals surface area contributed by atoms with Crippen LogP contribution in [0.5, 0.6) is 0 Å². The van der Waals surface area contributed by atoms with Gasteiger partial charge in [-0.3, -0.25) is 4.72 Å². The molecule has 0 spiro atoms. The number of hydrogen-bond acceptors (Lipinski definition) is 1. The predicted molar refractivity (Wildman–Crippen MR) is 39.8 cm³/mol. The first-order valence-electron chi connectivity index (χ1n) is 3.35. The Labute approximate surface area is 56.4 Å². The minimum atomic E-state index is 1.20. The summed E-state index contributed by atoms with van der Waals surface area (Å²) in [5.41, 5.74) is 0. The molecule has 0 atom stereocenters. The normalized spacial score (nSPS) is 9.75. The smallest absolute Gasteiger partial charge is 0.0831 e. The number of hydrogen-bond donors (Lipinski definition) is 1. The van der Waals surface area contributed by atoms with Gasteiger partial charge in [-0.05, 0) is 13.3 Å². The van der Waals surface area contributed by atoms with Gasteiger partial charge in [-0.25, -0.2) is 0 Å². The summed E-state index contributed by atoms with van der Waals surface area (Å²) in [4.78, 5) is 0. The topological polar surface area (TPSA) is 16.6 Å². The third-order valence-electron chi connectivity index (χ3n) is 0.900. The van der Waals surface area contributed by atoms with Gasteiger partial charge in [-0.1, -0.05) is 13.3 Å². The zero-order chi connectivity index (χ0) is 6.24. The van der Waals surface area contributed by atoms with Crippen molar-refractivity contribution >= 4 is 11.9 Å². The summed E-state index contributed by atoms with van der Waals surface area (Å²) in [7, 11) is 0. The molecule has 2 N–H and O–H groups in total. The summed E-state index contributed by atoms with van der Waals surface area (Å²) in [5.74, 6) is 1.31. The highest BCUT2D eigenvalue weighted by atomic mass is 32.2. The molecule has 0 bridgehead atoms. The molecule has 0 unspecified atom stereocenters. The molecule has 0 saturated carbocycles. The number of nitrogens with two attached hydrogens (primary N) is 1. The molecule has 8 heavy (non-hydrogen) atoms. The van der Waals surface area contributed by atoms with E-state index in [0.717, 1.165) is 0 Å². The van der Waals surface area contributed by atoms with Crippen LogP contribution in [0.1, 0.15) is 26.7 Å². The maximum absolute atomic E-state index is 2.27. The predicted octanol–water partition coefficient (Wildman–Crippen LogP) is 1.02. The van der Waals surface area contributed by atoms with E-state index in [0.29, 0.717) is 0 Å². The Bertz CT molecular complexity index is 33.5. The van der Waals surface area contributed by atoms with E-state index in [1.54, 1.807) is 0 Å². The van der Waals surface area contributed by atoms with Crippen molar-refractivity contribution in [2.75, 3.05) is 12.3 Å². The van der Waals surface area contributed by atoms with Crippen molar-refractivity contribution in [3.63, 3.8) is 0 Å². The first-order valence-corrected chi connectivity index (χ1v) is 4.40. The second-order valence-corrected chi connectivity index (χ2v) is 2.87. The van der Waals surface area contributed by atoms with Gasteiger partial charge in [-0.2, -0.15) is 0 Å². The van der Waals surface area contributed by atoms with Crippen molar-refractivity contribution in [3.05, 3.63) is 0 Å². The molecule has 0 saturated heterocycles. The van der Waals surface area contributed by atoms with Crippen LogP contribution in [0.4, 0.5) is 0 Å². The molecule has 0 rings (SSSR count). The second kappa shape index (κ2) is 7.31. The lowest BCUT2D eigenvalue weighted by molar-refractivity contribution is -0.475. The largest absolute Gasteiger partial charge is 0.285 e. The van der Waals surface area contributed by atoms with Crippen LogP contribution in [-0.2, 0) is 0 Å². The highest BCUT2D eigenvalue weighted by Gasteiger charge is 1.86. The van der Waals surface area contributed by atoms with Crippen molar-refractivity contribution in [2.45, 2.75) is 26.7 Å². The van der Waals surface area contributed by atoms with Gasteiger partial charge in [0.1, 0.15) is 0 Å². The first kappa shape index (κ1) is 8.31. The van der Waals surface area contributed by atoms with E-state index in [4.69, 9.17) is 0 Å². The molecule has 0 aliphatic rings. The van der Waals surface area contributed by atoms with Crippen LogP contribution in [-0.4, -0.2) is 12.3 Å². The number of rotatable bonds is 5. The molecule has 50 valence electrons. The van der Waals surface area contributed by atoms with Gasteiger partial charge in [0.25, 0.3) is 0 Å². The second-order valence-electron chi connectivity index (χ2n) is 1.80. The van der Waals surface area contributed by atoms with Crippen molar-refractivity contribution in [3.8, 4) is 0 Å². The van der Waals surface area contributed by atoms with E-state index in [1.807, 2.05) is 11.9 Å². The fourth-order valence-corrected chi connectivity index (χ4v) is 1.29. The molecular weight excluding hydrogens is 118 g/mol. The quantitative estimate of drug-likeness (QED) is 0.438. The molecule has 0 aliphatic heterocycles. The lowest BCUT2D eigenvalue weighted by Crippen LogP contribution is -2.75. The molecule has 0 aromatic carbocycles. The summed E-state index contributed by atoms with van der Waals surface area (Å²) >= 11 is 1.95. The summed E-state index contributed by atoms with van der Waals surface area (Å²) < 4.78 is 2.27. The Balaban J connectivity index is 2.53. The highest BCUT2D eigenvalue weighted by molar-refractivity contribution is 7.92. The van der Waals surface area contributed by atoms with Crippen LogP contribution in [0.15, 0.2) is 0 Å². The Kier molecular flexibility index (Phi) is 7.59. The van der Waals surface area contributed by atoms with E-state index in [9.17, 15) is 0 Å². The van der Waals surface area contributed by atoms with Gasteiger partial charge < -0.3 is 0 Å². The van der Waals surface area contributed by atoms with Gasteiger partial charge in [0.15, 0.2) is 0 Å². The molecule has 2 heteroatoms. The standard InChI is InChI=1S/C6H15NS/c1-3-5-6-8-7-4-2/h7H,3-6H2,1-2H3/p+1. The van der Waals surface area contributed by atoms with Gasteiger partial charge in [-0.15, -0.1) is 0 Å². The molecule has 0 amide bonds.